The van der Waals surface area contributed by atoms with Crippen LogP contribution in [-0.2, 0) is 6.42 Å². The first-order valence-electron chi connectivity index (χ1n) is 17.3. The van der Waals surface area contributed by atoms with Crippen LogP contribution < -0.4 is 9.80 Å². The van der Waals surface area contributed by atoms with Crippen molar-refractivity contribution in [2.45, 2.75) is 61.1 Å². The van der Waals surface area contributed by atoms with Crippen LogP contribution in [0.5, 0.6) is 0 Å². The standard InChI is InChI=1S/C45H41N3/c1-8-32-16-12-19-37(30(32)6)46-31(7)47-43-29(5)15-10-18-35(43)41-27(3)13-9-17-34(41)42-28(4)14-11-20-39(42)48-38-23-21-26(2)25-36(38)33-22-24-40(46)45(47)44(33)48/h9-25,31H,8H2,1-7H3/t31-/m1/s1. The SMILES string of the molecule is CCc1cccc(N2c3ccc4c5cc(C)ccc5n5c4c3N(c3c(C)cccc3-c3c(C)cccc3-c3c(C)cccc3-5)[C@@H]2C)c1C. The lowest BCUT2D eigenvalue weighted by Crippen LogP contribution is -2.36. The normalized spacial score (nSPS) is 14.8. The van der Waals surface area contributed by atoms with Crippen molar-refractivity contribution in [3.63, 3.8) is 0 Å². The maximum absolute atomic E-state index is 2.67. The van der Waals surface area contributed by atoms with Crippen molar-refractivity contribution in [3.05, 3.63) is 137 Å². The maximum atomic E-state index is 2.67. The van der Waals surface area contributed by atoms with E-state index in [-0.39, 0.29) is 6.17 Å². The summed E-state index contributed by atoms with van der Waals surface area (Å²) in [6, 6.07) is 39.1. The number of anilines is 4. The monoisotopic (exact) mass is 623 g/mol. The second kappa shape index (κ2) is 10.4. The van der Waals surface area contributed by atoms with Gasteiger partial charge in [-0.25, -0.2) is 0 Å². The highest BCUT2D eigenvalue weighted by atomic mass is 15.4. The van der Waals surface area contributed by atoms with Crippen molar-refractivity contribution < 1.29 is 0 Å². The van der Waals surface area contributed by atoms with E-state index in [4.69, 9.17) is 0 Å². The Kier molecular flexibility index (Phi) is 6.24. The number of hydrogen-bond donors (Lipinski definition) is 0. The molecule has 0 spiro atoms. The Balaban J connectivity index is 1.56. The Morgan fingerprint density at radius 1 is 0.562 bits per heavy atom. The average molecular weight is 624 g/mol. The zero-order chi connectivity index (χ0) is 33.0. The maximum Gasteiger partial charge on any atom is 0.108 e. The van der Waals surface area contributed by atoms with Gasteiger partial charge in [-0.05, 0) is 123 Å². The zero-order valence-electron chi connectivity index (χ0n) is 28.9. The lowest BCUT2D eigenvalue weighted by molar-refractivity contribution is 0.757. The zero-order valence-corrected chi connectivity index (χ0v) is 28.9. The van der Waals surface area contributed by atoms with Gasteiger partial charge in [0.25, 0.3) is 0 Å². The quantitative estimate of drug-likeness (QED) is 0.190. The number of para-hydroxylation sites is 1. The third-order valence-corrected chi connectivity index (χ3v) is 11.1. The van der Waals surface area contributed by atoms with Gasteiger partial charge in [0.1, 0.15) is 6.17 Å². The molecule has 2 aliphatic rings. The Labute approximate surface area is 283 Å². The molecule has 3 heteroatoms. The van der Waals surface area contributed by atoms with Crippen molar-refractivity contribution in [1.29, 1.82) is 0 Å². The van der Waals surface area contributed by atoms with E-state index in [1.807, 2.05) is 0 Å². The third-order valence-electron chi connectivity index (χ3n) is 11.1. The Bertz CT molecular complexity index is 2480. The van der Waals surface area contributed by atoms with Crippen molar-refractivity contribution in [2.75, 3.05) is 9.80 Å². The molecule has 0 fully saturated rings. The van der Waals surface area contributed by atoms with Crippen LogP contribution in [0.1, 0.15) is 47.2 Å². The molecule has 3 heterocycles. The van der Waals surface area contributed by atoms with E-state index < -0.39 is 0 Å². The highest BCUT2D eigenvalue weighted by molar-refractivity contribution is 6.19. The number of rotatable bonds is 2. The molecule has 48 heavy (non-hydrogen) atoms. The molecule has 9 rings (SSSR count). The number of fused-ring (bicyclic) bond motifs is 10. The predicted octanol–water partition coefficient (Wildman–Crippen LogP) is 12.2. The van der Waals surface area contributed by atoms with Crippen LogP contribution in [0.2, 0.25) is 0 Å². The van der Waals surface area contributed by atoms with Crippen LogP contribution in [-0.4, -0.2) is 10.7 Å². The van der Waals surface area contributed by atoms with Gasteiger partial charge in [-0.3, -0.25) is 0 Å². The molecular weight excluding hydrogens is 583 g/mol. The van der Waals surface area contributed by atoms with Crippen LogP contribution in [0.15, 0.2) is 103 Å². The molecule has 0 saturated heterocycles. The molecule has 1 aromatic heterocycles. The second-order valence-corrected chi connectivity index (χ2v) is 13.9. The van der Waals surface area contributed by atoms with Gasteiger partial charge in [0.15, 0.2) is 0 Å². The molecule has 3 nitrogen and oxygen atoms in total. The largest absolute Gasteiger partial charge is 0.318 e. The van der Waals surface area contributed by atoms with Gasteiger partial charge in [-0.15, -0.1) is 0 Å². The first-order chi connectivity index (χ1) is 23.3. The Morgan fingerprint density at radius 2 is 1.25 bits per heavy atom. The van der Waals surface area contributed by atoms with E-state index in [1.54, 1.807) is 0 Å². The number of benzene rings is 6. The van der Waals surface area contributed by atoms with Crippen molar-refractivity contribution in [3.8, 4) is 27.9 Å². The lowest BCUT2D eigenvalue weighted by Gasteiger charge is -2.34. The Hall–Kier alpha value is -5.28. The van der Waals surface area contributed by atoms with Crippen molar-refractivity contribution in [2.24, 2.45) is 0 Å². The summed E-state index contributed by atoms with van der Waals surface area (Å²) < 4.78 is 2.58. The van der Waals surface area contributed by atoms with E-state index in [0.717, 1.165) is 6.42 Å². The van der Waals surface area contributed by atoms with Gasteiger partial charge >= 0.3 is 0 Å². The summed E-state index contributed by atoms with van der Waals surface area (Å²) in [5.74, 6) is 0. The minimum absolute atomic E-state index is 0.0355. The van der Waals surface area contributed by atoms with Gasteiger partial charge in [-0.1, -0.05) is 79.2 Å². The Morgan fingerprint density at radius 3 is 2.04 bits per heavy atom. The molecule has 0 bridgehead atoms. The molecule has 0 amide bonds. The number of aryl methyl sites for hydroxylation is 5. The fraction of sp³-hybridized carbons (Fsp3) is 0.200. The number of aromatic nitrogens is 1. The topological polar surface area (TPSA) is 11.4 Å². The lowest BCUT2D eigenvalue weighted by atomic mass is 9.86. The van der Waals surface area contributed by atoms with Gasteiger partial charge in [0.05, 0.1) is 33.8 Å². The van der Waals surface area contributed by atoms with E-state index >= 15 is 0 Å². The summed E-state index contributed by atoms with van der Waals surface area (Å²) in [4.78, 5) is 5.26. The van der Waals surface area contributed by atoms with Crippen LogP contribution in [0.25, 0.3) is 49.7 Å². The van der Waals surface area contributed by atoms with Crippen LogP contribution in [0.3, 0.4) is 0 Å². The minimum Gasteiger partial charge on any atom is -0.318 e. The highest BCUT2D eigenvalue weighted by Crippen LogP contribution is 2.57. The smallest absolute Gasteiger partial charge is 0.108 e. The highest BCUT2D eigenvalue weighted by Gasteiger charge is 2.41. The molecule has 0 unspecified atom stereocenters. The summed E-state index contributed by atoms with van der Waals surface area (Å²) in [6.45, 7) is 16.0. The van der Waals surface area contributed by atoms with Gasteiger partial charge < -0.3 is 14.4 Å². The summed E-state index contributed by atoms with van der Waals surface area (Å²) in [5, 5.41) is 2.59. The summed E-state index contributed by atoms with van der Waals surface area (Å²) >= 11 is 0. The molecule has 7 aromatic rings. The van der Waals surface area contributed by atoms with Gasteiger partial charge in [0.2, 0.25) is 0 Å². The fourth-order valence-corrected chi connectivity index (χ4v) is 8.93. The second-order valence-electron chi connectivity index (χ2n) is 13.9. The third kappa shape index (κ3) is 3.76. The molecule has 0 radical (unpaired) electrons. The van der Waals surface area contributed by atoms with Crippen LogP contribution in [0, 0.1) is 34.6 Å². The van der Waals surface area contributed by atoms with Crippen molar-refractivity contribution >= 4 is 44.6 Å². The van der Waals surface area contributed by atoms with E-state index in [0.29, 0.717) is 0 Å². The molecule has 2 aliphatic heterocycles. The van der Waals surface area contributed by atoms with Crippen molar-refractivity contribution in [1.82, 2.24) is 4.57 Å². The minimum atomic E-state index is 0.0355. The summed E-state index contributed by atoms with van der Waals surface area (Å²) in [5.41, 5.74) is 21.9. The molecule has 236 valence electrons. The summed E-state index contributed by atoms with van der Waals surface area (Å²) in [6.07, 6.45) is 1.05. The molecule has 1 atom stereocenters. The number of nitrogens with zero attached hydrogens (tertiary/aromatic N) is 3. The van der Waals surface area contributed by atoms with Crippen LogP contribution in [0.4, 0.5) is 22.7 Å². The van der Waals surface area contributed by atoms with Crippen LogP contribution >= 0.6 is 0 Å². The fourth-order valence-electron chi connectivity index (χ4n) is 8.93. The molecule has 6 aromatic carbocycles. The van der Waals surface area contributed by atoms with Gasteiger partial charge in [0, 0.05) is 27.6 Å². The first kappa shape index (κ1) is 28.9. The van der Waals surface area contributed by atoms with E-state index in [2.05, 4.69) is 166 Å². The van der Waals surface area contributed by atoms with Gasteiger partial charge in [-0.2, -0.15) is 0 Å². The summed E-state index contributed by atoms with van der Waals surface area (Å²) in [7, 11) is 0. The van der Waals surface area contributed by atoms with E-state index in [1.165, 1.54) is 106 Å². The molecule has 0 aliphatic carbocycles. The molecule has 0 saturated carbocycles. The average Bonchev–Trinajstić information content (AvgIpc) is 3.55. The molecular formula is C45H41N3. The predicted molar refractivity (Wildman–Crippen MR) is 205 cm³/mol. The molecule has 0 N–H and O–H groups in total. The number of hydrogen-bond acceptors (Lipinski definition) is 2. The first-order valence-corrected chi connectivity index (χ1v) is 17.3. The van der Waals surface area contributed by atoms with E-state index in [9.17, 15) is 0 Å².